The molecule has 1 aliphatic carbocycles. The number of benzene rings is 2. The first-order chi connectivity index (χ1) is 13.7. The van der Waals surface area contributed by atoms with Gasteiger partial charge in [-0.1, -0.05) is 17.7 Å². The first-order valence-corrected chi connectivity index (χ1v) is 9.38. The molecule has 1 fully saturated rings. The van der Waals surface area contributed by atoms with E-state index >= 15 is 0 Å². The second kappa shape index (κ2) is 8.30. The van der Waals surface area contributed by atoms with Gasteiger partial charge < -0.3 is 15.4 Å². The summed E-state index contributed by atoms with van der Waals surface area (Å²) in [6.07, 6.45) is 0.869. The van der Waals surface area contributed by atoms with Crippen molar-refractivity contribution in [3.63, 3.8) is 0 Å². The standard InChI is InChI=1S/C21H23N3O5/c1-12-4-8-17(13(2)10-12)23-20(25)14(3)29-21(26)15-5-9-18(22-16-6-7-16)19(11-15)24(27)28/h4-5,8-11,14,16,22H,6-7H2,1-3H3,(H,23,25)/t14-/m0/s1. The van der Waals surface area contributed by atoms with E-state index in [4.69, 9.17) is 4.74 Å². The van der Waals surface area contributed by atoms with Crippen molar-refractivity contribution >= 4 is 28.9 Å². The molecule has 0 spiro atoms. The van der Waals surface area contributed by atoms with Crippen LogP contribution in [0.3, 0.4) is 0 Å². The van der Waals surface area contributed by atoms with Crippen molar-refractivity contribution in [3.8, 4) is 0 Å². The third-order valence-corrected chi connectivity index (χ3v) is 4.66. The summed E-state index contributed by atoms with van der Waals surface area (Å²) in [5.74, 6) is -1.28. The Bertz CT molecular complexity index is 969. The van der Waals surface area contributed by atoms with Crippen LogP contribution in [0.1, 0.15) is 41.3 Å². The SMILES string of the molecule is Cc1ccc(NC(=O)[C@H](C)OC(=O)c2ccc(NC3CC3)c([N+](=O)[O-])c2)c(C)c1. The van der Waals surface area contributed by atoms with Crippen molar-refractivity contribution in [1.29, 1.82) is 0 Å². The Morgan fingerprint density at radius 2 is 1.83 bits per heavy atom. The van der Waals surface area contributed by atoms with Crippen LogP contribution in [-0.2, 0) is 9.53 Å². The summed E-state index contributed by atoms with van der Waals surface area (Å²) in [6, 6.07) is 9.94. The Balaban J connectivity index is 1.67. The number of aryl methyl sites for hydroxylation is 2. The van der Waals surface area contributed by atoms with Crippen LogP contribution in [0.25, 0.3) is 0 Å². The van der Waals surface area contributed by atoms with E-state index in [1.807, 2.05) is 26.0 Å². The molecule has 0 radical (unpaired) electrons. The Hall–Kier alpha value is -3.42. The topological polar surface area (TPSA) is 111 Å². The van der Waals surface area contributed by atoms with Crippen LogP contribution < -0.4 is 10.6 Å². The molecule has 3 rings (SSSR count). The Morgan fingerprint density at radius 3 is 2.45 bits per heavy atom. The zero-order chi connectivity index (χ0) is 21.1. The molecule has 0 aromatic heterocycles. The smallest absolute Gasteiger partial charge is 0.339 e. The molecule has 0 saturated heterocycles. The predicted molar refractivity (Wildman–Crippen MR) is 109 cm³/mol. The van der Waals surface area contributed by atoms with Crippen LogP contribution >= 0.6 is 0 Å². The number of nitrogens with zero attached hydrogens (tertiary/aromatic N) is 1. The number of rotatable bonds is 7. The summed E-state index contributed by atoms with van der Waals surface area (Å²) < 4.78 is 5.21. The van der Waals surface area contributed by atoms with Gasteiger partial charge in [0.1, 0.15) is 5.69 Å². The molecule has 0 bridgehead atoms. The maximum atomic E-state index is 12.4. The largest absolute Gasteiger partial charge is 0.449 e. The lowest BCUT2D eigenvalue weighted by molar-refractivity contribution is -0.384. The lowest BCUT2D eigenvalue weighted by atomic mass is 10.1. The average molecular weight is 397 g/mol. The van der Waals surface area contributed by atoms with Gasteiger partial charge in [-0.2, -0.15) is 0 Å². The number of carbonyl (C=O) groups excluding carboxylic acids is 2. The van der Waals surface area contributed by atoms with Gasteiger partial charge in [0.15, 0.2) is 6.10 Å². The van der Waals surface area contributed by atoms with Crippen molar-refractivity contribution in [2.45, 2.75) is 45.8 Å². The molecule has 1 atom stereocenters. The molecule has 8 nitrogen and oxygen atoms in total. The first kappa shape index (κ1) is 20.3. The Kier molecular flexibility index (Phi) is 5.81. The van der Waals surface area contributed by atoms with E-state index in [1.54, 1.807) is 6.07 Å². The monoisotopic (exact) mass is 397 g/mol. The fraction of sp³-hybridized carbons (Fsp3) is 0.333. The molecule has 1 amide bonds. The number of esters is 1. The third-order valence-electron chi connectivity index (χ3n) is 4.66. The van der Waals surface area contributed by atoms with E-state index in [0.717, 1.165) is 24.0 Å². The summed E-state index contributed by atoms with van der Waals surface area (Å²) in [6.45, 7) is 5.28. The fourth-order valence-electron chi connectivity index (χ4n) is 2.85. The first-order valence-electron chi connectivity index (χ1n) is 9.38. The minimum absolute atomic E-state index is 0.0178. The number of nitro groups is 1. The summed E-state index contributed by atoms with van der Waals surface area (Å²) in [4.78, 5) is 35.6. The summed E-state index contributed by atoms with van der Waals surface area (Å²) in [5.41, 5.74) is 2.79. The number of nitrogens with one attached hydrogen (secondary N) is 2. The number of hydrogen-bond acceptors (Lipinski definition) is 6. The Labute approximate surface area is 168 Å². The molecule has 0 unspecified atom stereocenters. The number of anilines is 2. The number of amides is 1. The molecule has 2 aromatic rings. The molecule has 1 aliphatic rings. The van der Waals surface area contributed by atoms with Gasteiger partial charge in [-0.25, -0.2) is 4.79 Å². The number of carbonyl (C=O) groups is 2. The minimum atomic E-state index is -1.06. The normalized spacial score (nSPS) is 14.0. The van der Waals surface area contributed by atoms with Gasteiger partial charge in [0.2, 0.25) is 0 Å². The van der Waals surface area contributed by atoms with E-state index in [-0.39, 0.29) is 17.3 Å². The van der Waals surface area contributed by atoms with Gasteiger partial charge in [-0.05, 0) is 57.4 Å². The van der Waals surface area contributed by atoms with Gasteiger partial charge in [0, 0.05) is 17.8 Å². The summed E-state index contributed by atoms with van der Waals surface area (Å²) >= 11 is 0. The second-order valence-corrected chi connectivity index (χ2v) is 7.26. The maximum absolute atomic E-state index is 12.4. The van der Waals surface area contributed by atoms with Crippen LogP contribution in [0.2, 0.25) is 0 Å². The lowest BCUT2D eigenvalue weighted by Crippen LogP contribution is -2.30. The van der Waals surface area contributed by atoms with Crippen molar-refractivity contribution in [2.75, 3.05) is 10.6 Å². The van der Waals surface area contributed by atoms with E-state index in [0.29, 0.717) is 11.4 Å². The molecule has 8 heteroatoms. The second-order valence-electron chi connectivity index (χ2n) is 7.26. The molecule has 1 saturated carbocycles. The molecular weight excluding hydrogens is 374 g/mol. The molecular formula is C21H23N3O5. The fourth-order valence-corrected chi connectivity index (χ4v) is 2.85. The van der Waals surface area contributed by atoms with E-state index in [1.165, 1.54) is 25.1 Å². The van der Waals surface area contributed by atoms with Gasteiger partial charge >= 0.3 is 5.97 Å². The predicted octanol–water partition coefficient (Wildman–Crippen LogP) is 3.97. The van der Waals surface area contributed by atoms with E-state index < -0.39 is 22.9 Å². The van der Waals surface area contributed by atoms with E-state index in [2.05, 4.69) is 10.6 Å². The third kappa shape index (κ3) is 5.10. The van der Waals surface area contributed by atoms with Crippen LogP contribution in [0.4, 0.5) is 17.1 Å². The van der Waals surface area contributed by atoms with Crippen molar-refractivity contribution < 1.29 is 19.2 Å². The highest BCUT2D eigenvalue weighted by Gasteiger charge is 2.26. The zero-order valence-electron chi connectivity index (χ0n) is 16.5. The van der Waals surface area contributed by atoms with Gasteiger partial charge in [0.25, 0.3) is 11.6 Å². The van der Waals surface area contributed by atoms with Crippen molar-refractivity contribution in [1.82, 2.24) is 0 Å². The molecule has 2 aromatic carbocycles. The number of nitro benzene ring substituents is 1. The Morgan fingerprint density at radius 1 is 1.14 bits per heavy atom. The zero-order valence-corrected chi connectivity index (χ0v) is 16.5. The van der Waals surface area contributed by atoms with Gasteiger partial charge in [-0.3, -0.25) is 14.9 Å². The molecule has 0 aliphatic heterocycles. The molecule has 0 heterocycles. The van der Waals surface area contributed by atoms with Crippen molar-refractivity contribution in [2.24, 2.45) is 0 Å². The van der Waals surface area contributed by atoms with E-state index in [9.17, 15) is 19.7 Å². The quantitative estimate of drug-likeness (QED) is 0.415. The van der Waals surface area contributed by atoms with Gasteiger partial charge in [0.05, 0.1) is 10.5 Å². The maximum Gasteiger partial charge on any atom is 0.339 e. The highest BCUT2D eigenvalue weighted by molar-refractivity contribution is 5.98. The van der Waals surface area contributed by atoms with Crippen LogP contribution in [0.5, 0.6) is 0 Å². The average Bonchev–Trinajstić information content (AvgIpc) is 3.48. The van der Waals surface area contributed by atoms with Crippen LogP contribution in [0.15, 0.2) is 36.4 Å². The summed E-state index contributed by atoms with van der Waals surface area (Å²) in [5, 5.41) is 17.1. The summed E-state index contributed by atoms with van der Waals surface area (Å²) in [7, 11) is 0. The van der Waals surface area contributed by atoms with Crippen LogP contribution in [-0.4, -0.2) is 28.9 Å². The highest BCUT2D eigenvalue weighted by Crippen LogP contribution is 2.31. The van der Waals surface area contributed by atoms with Crippen molar-refractivity contribution in [3.05, 3.63) is 63.2 Å². The van der Waals surface area contributed by atoms with Crippen LogP contribution in [0, 0.1) is 24.0 Å². The van der Waals surface area contributed by atoms with Gasteiger partial charge in [-0.15, -0.1) is 0 Å². The number of ether oxygens (including phenoxy) is 1. The lowest BCUT2D eigenvalue weighted by Gasteiger charge is -2.15. The number of hydrogen-bond donors (Lipinski definition) is 2. The highest BCUT2D eigenvalue weighted by atomic mass is 16.6. The molecule has 2 N–H and O–H groups in total. The molecule has 29 heavy (non-hydrogen) atoms. The minimum Gasteiger partial charge on any atom is -0.449 e. The molecule has 152 valence electrons.